The van der Waals surface area contributed by atoms with Crippen LogP contribution in [-0.2, 0) is 19.2 Å². The van der Waals surface area contributed by atoms with E-state index >= 15 is 0 Å². The second-order valence-corrected chi connectivity index (χ2v) is 13.6. The fraction of sp³-hybridized carbons (Fsp3) is 0.235. The Bertz CT molecular complexity index is 1890. The predicted molar refractivity (Wildman–Crippen MR) is 169 cm³/mol. The zero-order valence-corrected chi connectivity index (χ0v) is 25.8. The van der Waals surface area contributed by atoms with Crippen molar-refractivity contribution in [1.82, 2.24) is 0 Å². The first-order chi connectivity index (χ1) is 21.2. The molecule has 2 aliphatic heterocycles. The molecule has 0 spiro atoms. The quantitative estimate of drug-likeness (QED) is 0.215. The van der Waals surface area contributed by atoms with Gasteiger partial charge in [0.05, 0.1) is 55.1 Å². The van der Waals surface area contributed by atoms with Crippen LogP contribution in [0.15, 0.2) is 84.5 Å². The number of anilines is 2. The minimum atomic E-state index is -0.695. The molecule has 3 aromatic rings. The van der Waals surface area contributed by atoms with Crippen molar-refractivity contribution in [3.63, 3.8) is 0 Å². The van der Waals surface area contributed by atoms with E-state index < -0.39 is 41.4 Å². The summed E-state index contributed by atoms with van der Waals surface area (Å²) in [6, 6.07) is 19.2. The van der Waals surface area contributed by atoms with Crippen molar-refractivity contribution >= 4 is 87.0 Å². The van der Waals surface area contributed by atoms with Crippen LogP contribution in [0.5, 0.6) is 0 Å². The molecule has 2 saturated heterocycles. The Labute approximate surface area is 272 Å². The van der Waals surface area contributed by atoms with Gasteiger partial charge in [-0.25, -0.2) is 9.80 Å². The predicted octanol–water partition coefficient (Wildman–Crippen LogP) is 7.50. The summed E-state index contributed by atoms with van der Waals surface area (Å²) >= 11 is 24.8. The number of halogens is 4. The molecule has 3 fully saturated rings. The first-order valence-corrected chi connectivity index (χ1v) is 15.8. The fourth-order valence-corrected chi connectivity index (χ4v) is 8.86. The summed E-state index contributed by atoms with van der Waals surface area (Å²) in [5, 5.41) is 1.12. The van der Waals surface area contributed by atoms with Crippen molar-refractivity contribution in [2.45, 2.75) is 6.42 Å². The van der Waals surface area contributed by atoms with E-state index in [1.807, 2.05) is 42.5 Å². The van der Waals surface area contributed by atoms with Gasteiger partial charge in [-0.3, -0.25) is 19.2 Å². The summed E-state index contributed by atoms with van der Waals surface area (Å²) in [6.07, 6.45) is 4.34. The summed E-state index contributed by atoms with van der Waals surface area (Å²) in [5.74, 6) is -5.21. The Morgan fingerprint density at radius 1 is 0.568 bits per heavy atom. The van der Waals surface area contributed by atoms with Crippen LogP contribution in [0, 0.1) is 41.4 Å². The minimum Gasteiger partial charge on any atom is -0.274 e. The third-order valence-corrected chi connectivity index (χ3v) is 11.4. The number of carbonyl (C=O) groups excluding carboxylic acids is 4. The molecule has 9 rings (SSSR count). The highest BCUT2D eigenvalue weighted by molar-refractivity contribution is 6.43. The van der Waals surface area contributed by atoms with Crippen LogP contribution < -0.4 is 9.80 Å². The van der Waals surface area contributed by atoms with Gasteiger partial charge in [0.25, 0.3) is 0 Å². The first kappa shape index (κ1) is 28.1. The van der Waals surface area contributed by atoms with Gasteiger partial charge in [0.1, 0.15) is 0 Å². The number of hydrogen-bond donors (Lipinski definition) is 0. The van der Waals surface area contributed by atoms with Crippen molar-refractivity contribution in [1.29, 1.82) is 0 Å². The highest BCUT2D eigenvalue weighted by Gasteiger charge is 2.67. The van der Waals surface area contributed by atoms with Gasteiger partial charge in [0, 0.05) is 11.8 Å². The molecule has 2 bridgehead atoms. The van der Waals surface area contributed by atoms with Gasteiger partial charge in [-0.05, 0) is 59.9 Å². The lowest BCUT2D eigenvalue weighted by atomic mass is 9.49. The Morgan fingerprint density at radius 3 is 1.75 bits per heavy atom. The van der Waals surface area contributed by atoms with E-state index in [4.69, 9.17) is 46.4 Å². The summed E-state index contributed by atoms with van der Waals surface area (Å²) in [5.41, 5.74) is 3.59. The zero-order chi connectivity index (χ0) is 30.6. The lowest BCUT2D eigenvalue weighted by molar-refractivity contribution is -0.129. The van der Waals surface area contributed by atoms with Gasteiger partial charge >= 0.3 is 0 Å². The molecule has 7 atom stereocenters. The van der Waals surface area contributed by atoms with Crippen molar-refractivity contribution < 1.29 is 19.2 Å². The van der Waals surface area contributed by atoms with Crippen LogP contribution in [0.4, 0.5) is 11.4 Å². The Kier molecular flexibility index (Phi) is 6.41. The molecule has 4 amide bonds. The number of fused-ring (bicyclic) bond motifs is 1. The van der Waals surface area contributed by atoms with E-state index in [1.165, 1.54) is 21.9 Å². The standard InChI is InChI=1S/C34H22Cl4N2O4/c35-22-10-6-16(12-24(22)37)39-31(41)21-14-20(15-4-2-1-3-5-15)26-18-8-9-19(27(26)30(21)34(39)44)29-28(18)32(42)40(33(29)43)17-7-11-23(36)25(38)13-17/h1-13,18-19,21,27-30H,14H2/t18-,19+,21-,27-,28+,29-,30+/m0/s1. The zero-order valence-electron chi connectivity index (χ0n) is 22.8. The second kappa shape index (κ2) is 10.0. The van der Waals surface area contributed by atoms with Crippen LogP contribution in [0.2, 0.25) is 20.1 Å². The first-order valence-electron chi connectivity index (χ1n) is 14.3. The molecular formula is C34H22Cl4N2O4. The average molecular weight is 664 g/mol. The molecule has 4 aliphatic carbocycles. The van der Waals surface area contributed by atoms with Gasteiger partial charge in [0.15, 0.2) is 0 Å². The maximum atomic E-state index is 14.3. The highest BCUT2D eigenvalue weighted by atomic mass is 35.5. The van der Waals surface area contributed by atoms with Crippen molar-refractivity contribution in [3.05, 3.63) is 110 Å². The maximum absolute atomic E-state index is 14.3. The van der Waals surface area contributed by atoms with Crippen molar-refractivity contribution in [2.75, 3.05) is 9.80 Å². The fourth-order valence-electron chi connectivity index (χ4n) is 8.27. The molecule has 0 N–H and O–H groups in total. The molecule has 44 heavy (non-hydrogen) atoms. The summed E-state index contributed by atoms with van der Waals surface area (Å²) < 4.78 is 0. The van der Waals surface area contributed by atoms with Gasteiger partial charge in [-0.2, -0.15) is 0 Å². The van der Waals surface area contributed by atoms with Crippen LogP contribution in [0.1, 0.15) is 12.0 Å². The number of carbonyl (C=O) groups is 4. The molecule has 0 radical (unpaired) electrons. The molecule has 0 aromatic heterocycles. The minimum absolute atomic E-state index is 0.239. The number of hydrogen-bond acceptors (Lipinski definition) is 4. The molecule has 6 aliphatic rings. The van der Waals surface area contributed by atoms with Gasteiger partial charge < -0.3 is 0 Å². The largest absolute Gasteiger partial charge is 0.274 e. The lowest BCUT2D eigenvalue weighted by Gasteiger charge is -2.51. The molecule has 6 nitrogen and oxygen atoms in total. The van der Waals surface area contributed by atoms with E-state index in [0.717, 1.165) is 16.7 Å². The Balaban J connectivity index is 1.28. The van der Waals surface area contributed by atoms with E-state index in [9.17, 15) is 19.2 Å². The Morgan fingerprint density at radius 2 is 1.14 bits per heavy atom. The second-order valence-electron chi connectivity index (χ2n) is 11.9. The number of benzene rings is 3. The van der Waals surface area contributed by atoms with Crippen LogP contribution in [0.25, 0.3) is 5.57 Å². The summed E-state index contributed by atoms with van der Waals surface area (Å²) in [7, 11) is 0. The molecule has 220 valence electrons. The van der Waals surface area contributed by atoms with E-state index in [1.54, 1.807) is 24.3 Å². The van der Waals surface area contributed by atoms with Crippen LogP contribution in [-0.4, -0.2) is 23.6 Å². The average Bonchev–Trinajstić information content (AvgIpc) is 3.45. The maximum Gasteiger partial charge on any atom is 0.238 e. The van der Waals surface area contributed by atoms with E-state index in [2.05, 4.69) is 0 Å². The molecule has 2 heterocycles. The molecule has 1 saturated carbocycles. The highest BCUT2D eigenvalue weighted by Crippen LogP contribution is 2.63. The number of amides is 4. The lowest BCUT2D eigenvalue weighted by Crippen LogP contribution is -2.51. The van der Waals surface area contributed by atoms with Crippen molar-refractivity contribution in [3.8, 4) is 0 Å². The van der Waals surface area contributed by atoms with Crippen LogP contribution >= 0.6 is 46.4 Å². The molecule has 3 aromatic carbocycles. The smallest absolute Gasteiger partial charge is 0.238 e. The van der Waals surface area contributed by atoms with Gasteiger partial charge in [-0.15, -0.1) is 0 Å². The van der Waals surface area contributed by atoms with E-state index in [-0.39, 0.29) is 33.7 Å². The number of nitrogens with zero attached hydrogens (tertiary/aromatic N) is 2. The third-order valence-electron chi connectivity index (χ3n) is 9.95. The van der Waals surface area contributed by atoms with Gasteiger partial charge in [0.2, 0.25) is 23.6 Å². The normalized spacial score (nSPS) is 30.3. The topological polar surface area (TPSA) is 74.8 Å². The number of allylic oxidation sites excluding steroid dienone is 4. The van der Waals surface area contributed by atoms with Crippen LogP contribution in [0.3, 0.4) is 0 Å². The summed E-state index contributed by atoms with van der Waals surface area (Å²) in [6.45, 7) is 0. The van der Waals surface area contributed by atoms with E-state index in [0.29, 0.717) is 27.8 Å². The monoisotopic (exact) mass is 662 g/mol. The third kappa shape index (κ3) is 3.81. The Hall–Kier alpha value is -3.42. The number of rotatable bonds is 3. The summed E-state index contributed by atoms with van der Waals surface area (Å²) in [4.78, 5) is 59.1. The van der Waals surface area contributed by atoms with Gasteiger partial charge in [-0.1, -0.05) is 94.5 Å². The van der Waals surface area contributed by atoms with Crippen molar-refractivity contribution in [2.24, 2.45) is 41.4 Å². The number of imide groups is 2. The SMILES string of the molecule is O=C1[C@H]2[C@@H]3C=C[C@@H](C4=C(c5ccccc5)C[C@@H]5C(=O)N(c6ccc(Cl)c(Cl)c6)C(=O)[C@H]5[C@H]43)[C@H]2C(=O)N1c1ccc(Cl)c(Cl)c1. The molecule has 10 heteroatoms. The molecule has 0 unspecified atom stereocenters. The molecular weight excluding hydrogens is 642 g/mol.